The van der Waals surface area contributed by atoms with Gasteiger partial charge in [-0.25, -0.2) is 8.42 Å². The number of fused-ring (bicyclic) bond motifs is 1. The second kappa shape index (κ2) is 13.7. The van der Waals surface area contributed by atoms with Gasteiger partial charge in [0.2, 0.25) is 15.9 Å². The summed E-state index contributed by atoms with van der Waals surface area (Å²) < 4.78 is 40.8. The van der Waals surface area contributed by atoms with Gasteiger partial charge in [0.15, 0.2) is 6.10 Å². The number of nitrogens with one attached hydrogen (secondary N) is 1. The fraction of sp³-hybridized carbons (Fsp3) is 0.235. The standard InChI is InChI=1S/C34H35N3O6S/c1-25-17-18-30(42-2)32(21-25)44(40,41)36(22-27-13-7-4-8-14-27)24-33(38)37-23-31(43-29-16-10-9-15-28(29)37)34(39)35-20-19-26-11-5-3-6-12-26/h3-18,21,31H,19-20,22-24H2,1-2H3,(H,35,39). The number of sulfonamides is 1. The SMILES string of the molecule is COc1ccc(C)cc1S(=O)(=O)N(CC(=O)N1CC(C(=O)NCCc2ccccc2)Oc2ccccc21)Cc1ccccc1. The summed E-state index contributed by atoms with van der Waals surface area (Å²) in [5.41, 5.74) is 3.01. The van der Waals surface area contributed by atoms with E-state index < -0.39 is 28.6 Å². The first-order valence-electron chi connectivity index (χ1n) is 14.3. The number of amides is 2. The molecule has 44 heavy (non-hydrogen) atoms. The highest BCUT2D eigenvalue weighted by Gasteiger charge is 2.37. The molecular weight excluding hydrogens is 578 g/mol. The van der Waals surface area contributed by atoms with E-state index in [1.807, 2.05) is 48.5 Å². The van der Waals surface area contributed by atoms with Crippen LogP contribution in [0.1, 0.15) is 16.7 Å². The number of methoxy groups -OCH3 is 1. The van der Waals surface area contributed by atoms with E-state index in [2.05, 4.69) is 5.32 Å². The van der Waals surface area contributed by atoms with Crippen LogP contribution in [0.5, 0.6) is 11.5 Å². The van der Waals surface area contributed by atoms with Crippen molar-refractivity contribution in [3.8, 4) is 11.5 Å². The third kappa shape index (κ3) is 7.10. The van der Waals surface area contributed by atoms with Crippen LogP contribution < -0.4 is 19.7 Å². The average molecular weight is 614 g/mol. The molecule has 0 bridgehead atoms. The largest absolute Gasteiger partial charge is 0.495 e. The monoisotopic (exact) mass is 613 g/mol. The molecular formula is C34H35N3O6S. The quantitative estimate of drug-likeness (QED) is 0.270. The topological polar surface area (TPSA) is 105 Å². The highest BCUT2D eigenvalue weighted by Crippen LogP contribution is 2.34. The van der Waals surface area contributed by atoms with Crippen molar-refractivity contribution in [3.63, 3.8) is 0 Å². The maximum absolute atomic E-state index is 14.1. The van der Waals surface area contributed by atoms with Crippen LogP contribution in [-0.4, -0.2) is 57.4 Å². The lowest BCUT2D eigenvalue weighted by atomic mass is 10.1. The maximum atomic E-state index is 14.1. The Bertz CT molecular complexity index is 1710. The molecule has 0 saturated carbocycles. The van der Waals surface area contributed by atoms with Gasteiger partial charge in [-0.15, -0.1) is 0 Å². The second-order valence-electron chi connectivity index (χ2n) is 10.5. The van der Waals surface area contributed by atoms with E-state index in [0.717, 1.165) is 15.4 Å². The summed E-state index contributed by atoms with van der Waals surface area (Å²) in [5.74, 6) is -0.293. The summed E-state index contributed by atoms with van der Waals surface area (Å²) in [6.45, 7) is 1.62. The van der Waals surface area contributed by atoms with Crippen LogP contribution in [-0.2, 0) is 32.6 Å². The summed E-state index contributed by atoms with van der Waals surface area (Å²) in [7, 11) is -2.78. The molecule has 1 N–H and O–H groups in total. The number of anilines is 1. The van der Waals surface area contributed by atoms with Gasteiger partial charge in [-0.3, -0.25) is 9.59 Å². The van der Waals surface area contributed by atoms with Crippen molar-refractivity contribution in [2.75, 3.05) is 31.6 Å². The van der Waals surface area contributed by atoms with Gasteiger partial charge in [0, 0.05) is 13.1 Å². The number of hydrogen-bond acceptors (Lipinski definition) is 6. The van der Waals surface area contributed by atoms with Crippen molar-refractivity contribution >= 4 is 27.5 Å². The van der Waals surface area contributed by atoms with Crippen molar-refractivity contribution in [3.05, 3.63) is 120 Å². The number of rotatable bonds is 11. The fourth-order valence-corrected chi connectivity index (χ4v) is 6.69. The zero-order valence-electron chi connectivity index (χ0n) is 24.7. The number of aryl methyl sites for hydroxylation is 1. The lowest BCUT2D eigenvalue weighted by Gasteiger charge is -2.35. The van der Waals surface area contributed by atoms with Crippen LogP contribution in [0.3, 0.4) is 0 Å². The minimum atomic E-state index is -4.19. The van der Waals surface area contributed by atoms with Crippen LogP contribution in [0.25, 0.3) is 0 Å². The molecule has 4 aromatic rings. The molecule has 0 spiro atoms. The van der Waals surface area contributed by atoms with Crippen LogP contribution in [0.4, 0.5) is 5.69 Å². The number of benzene rings is 4. The lowest BCUT2D eigenvalue weighted by molar-refractivity contribution is -0.128. The highest BCUT2D eigenvalue weighted by atomic mass is 32.2. The molecule has 2 amide bonds. The van der Waals surface area contributed by atoms with Crippen LogP contribution in [0, 0.1) is 6.92 Å². The smallest absolute Gasteiger partial charge is 0.262 e. The molecule has 1 aliphatic heterocycles. The Morgan fingerprint density at radius 2 is 1.59 bits per heavy atom. The van der Waals surface area contributed by atoms with Crippen molar-refractivity contribution in [2.45, 2.75) is 30.9 Å². The Morgan fingerprint density at radius 3 is 2.30 bits per heavy atom. The van der Waals surface area contributed by atoms with Crippen LogP contribution in [0.15, 0.2) is 108 Å². The molecule has 0 aliphatic carbocycles. The normalized spacial score (nSPS) is 14.4. The Hall–Kier alpha value is -4.67. The first-order valence-corrected chi connectivity index (χ1v) is 15.8. The Labute approximate surface area is 258 Å². The molecule has 1 heterocycles. The zero-order chi connectivity index (χ0) is 31.1. The van der Waals surface area contributed by atoms with Gasteiger partial charge in [-0.1, -0.05) is 78.9 Å². The van der Waals surface area contributed by atoms with Gasteiger partial charge in [0.25, 0.3) is 5.91 Å². The molecule has 1 unspecified atom stereocenters. The van der Waals surface area contributed by atoms with Gasteiger partial charge in [0.1, 0.15) is 16.4 Å². The molecule has 4 aromatic carbocycles. The molecule has 5 rings (SSSR count). The molecule has 9 nitrogen and oxygen atoms in total. The third-order valence-electron chi connectivity index (χ3n) is 7.37. The molecule has 0 aromatic heterocycles. The lowest BCUT2D eigenvalue weighted by Crippen LogP contribution is -2.53. The molecule has 10 heteroatoms. The minimum absolute atomic E-state index is 0.0261. The zero-order valence-corrected chi connectivity index (χ0v) is 25.5. The molecule has 0 fully saturated rings. The maximum Gasteiger partial charge on any atom is 0.262 e. The Morgan fingerprint density at radius 1 is 0.932 bits per heavy atom. The van der Waals surface area contributed by atoms with E-state index >= 15 is 0 Å². The van der Waals surface area contributed by atoms with Gasteiger partial charge < -0.3 is 19.7 Å². The Balaban J connectivity index is 1.40. The molecule has 0 saturated heterocycles. The predicted molar refractivity (Wildman–Crippen MR) is 168 cm³/mol. The van der Waals surface area contributed by atoms with Gasteiger partial charge in [-0.2, -0.15) is 4.31 Å². The van der Waals surface area contributed by atoms with E-state index in [1.54, 1.807) is 55.5 Å². The van der Waals surface area contributed by atoms with E-state index in [4.69, 9.17) is 9.47 Å². The molecule has 0 radical (unpaired) electrons. The van der Waals surface area contributed by atoms with Crippen LogP contribution >= 0.6 is 0 Å². The van der Waals surface area contributed by atoms with Gasteiger partial charge in [-0.05, 0) is 54.3 Å². The number of carbonyl (C=O) groups is 2. The Kier molecular flexibility index (Phi) is 9.62. The third-order valence-corrected chi connectivity index (χ3v) is 9.19. The fourth-order valence-electron chi connectivity index (χ4n) is 5.07. The summed E-state index contributed by atoms with van der Waals surface area (Å²) >= 11 is 0. The molecule has 228 valence electrons. The van der Waals surface area contributed by atoms with Crippen molar-refractivity contribution < 1.29 is 27.5 Å². The average Bonchev–Trinajstić information content (AvgIpc) is 3.04. The van der Waals surface area contributed by atoms with E-state index in [0.29, 0.717) is 30.0 Å². The van der Waals surface area contributed by atoms with Gasteiger partial charge >= 0.3 is 0 Å². The second-order valence-corrected chi connectivity index (χ2v) is 12.4. The minimum Gasteiger partial charge on any atom is -0.495 e. The molecule has 1 aliphatic rings. The summed E-state index contributed by atoms with van der Waals surface area (Å²) in [4.78, 5) is 28.6. The number of carbonyl (C=O) groups excluding carboxylic acids is 2. The predicted octanol–water partition coefficient (Wildman–Crippen LogP) is 4.35. The number of hydrogen-bond donors (Lipinski definition) is 1. The van der Waals surface area contributed by atoms with E-state index in [1.165, 1.54) is 18.1 Å². The summed E-state index contributed by atoms with van der Waals surface area (Å²) in [6, 6.07) is 30.7. The first kappa shape index (κ1) is 30.8. The van der Waals surface area contributed by atoms with Crippen molar-refractivity contribution in [1.29, 1.82) is 0 Å². The summed E-state index contributed by atoms with van der Waals surface area (Å²) in [5, 5.41) is 2.91. The van der Waals surface area contributed by atoms with Crippen molar-refractivity contribution in [1.82, 2.24) is 9.62 Å². The van der Waals surface area contributed by atoms with E-state index in [-0.39, 0.29) is 29.6 Å². The van der Waals surface area contributed by atoms with Crippen LogP contribution in [0.2, 0.25) is 0 Å². The summed E-state index contributed by atoms with van der Waals surface area (Å²) in [6.07, 6.45) is -0.326. The number of para-hydroxylation sites is 2. The first-order chi connectivity index (χ1) is 21.3. The van der Waals surface area contributed by atoms with Gasteiger partial charge in [0.05, 0.1) is 25.9 Å². The highest BCUT2D eigenvalue weighted by molar-refractivity contribution is 7.89. The molecule has 1 atom stereocenters. The van der Waals surface area contributed by atoms with Crippen molar-refractivity contribution in [2.24, 2.45) is 0 Å². The van der Waals surface area contributed by atoms with E-state index in [9.17, 15) is 18.0 Å². The number of nitrogens with zero attached hydrogens (tertiary/aromatic N) is 2. The number of ether oxygens (including phenoxy) is 2.